The van der Waals surface area contributed by atoms with Gasteiger partial charge in [0.05, 0.1) is 30.2 Å². The summed E-state index contributed by atoms with van der Waals surface area (Å²) in [5.41, 5.74) is 0.452. The van der Waals surface area contributed by atoms with Gasteiger partial charge in [0.1, 0.15) is 11.9 Å². The molecule has 0 aromatic heterocycles. The molecule has 2 aromatic rings. The first-order valence-corrected chi connectivity index (χ1v) is 9.46. The number of ether oxygens (including phenoxy) is 1. The summed E-state index contributed by atoms with van der Waals surface area (Å²) in [6.45, 7) is 1.29. The molecule has 32 heavy (non-hydrogen) atoms. The van der Waals surface area contributed by atoms with Gasteiger partial charge in [0, 0.05) is 11.6 Å². The van der Waals surface area contributed by atoms with Gasteiger partial charge in [-0.05, 0) is 37.3 Å². The molecule has 7 nitrogen and oxygen atoms in total. The number of nitrogens with one attached hydrogen (secondary N) is 2. The van der Waals surface area contributed by atoms with Crippen molar-refractivity contribution >= 4 is 29.1 Å². The summed E-state index contributed by atoms with van der Waals surface area (Å²) in [7, 11) is 0. The Morgan fingerprint density at radius 2 is 2.00 bits per heavy atom. The summed E-state index contributed by atoms with van der Waals surface area (Å²) in [5.74, 6) is 3.27. The van der Waals surface area contributed by atoms with Gasteiger partial charge in [0.2, 0.25) is 5.43 Å². The molecule has 1 heterocycles. The second kappa shape index (κ2) is 9.87. The average molecular weight is 445 g/mol. The molecule has 0 saturated carbocycles. The maximum atomic E-state index is 14.7. The van der Waals surface area contributed by atoms with Crippen LogP contribution in [0, 0.1) is 17.7 Å². The Labute approximate surface area is 181 Å². The molecule has 1 aliphatic heterocycles. The van der Waals surface area contributed by atoms with Crippen molar-refractivity contribution in [3.8, 4) is 11.8 Å². The van der Waals surface area contributed by atoms with Crippen molar-refractivity contribution < 1.29 is 27.5 Å². The predicted molar refractivity (Wildman–Crippen MR) is 112 cm³/mol. The van der Waals surface area contributed by atoms with E-state index in [2.05, 4.69) is 17.2 Å². The highest BCUT2D eigenvalue weighted by atomic mass is 19.3. The van der Waals surface area contributed by atoms with Crippen molar-refractivity contribution in [2.24, 2.45) is 0 Å². The summed E-state index contributed by atoms with van der Waals surface area (Å²) < 4.78 is 44.2. The minimum Gasteiger partial charge on any atom is -0.442 e. The normalized spacial score (nSPS) is 15.1. The molecule has 0 spiro atoms. The topological polar surface area (TPSA) is 87.7 Å². The zero-order valence-electron chi connectivity index (χ0n) is 16.8. The van der Waals surface area contributed by atoms with Crippen LogP contribution < -0.4 is 21.0 Å². The fourth-order valence-corrected chi connectivity index (χ4v) is 2.97. The van der Waals surface area contributed by atoms with E-state index >= 15 is 0 Å². The summed E-state index contributed by atoms with van der Waals surface area (Å²) in [6, 6.07) is 9.96. The molecule has 1 atom stereocenters. The van der Waals surface area contributed by atoms with E-state index in [1.54, 1.807) is 19.1 Å². The first-order valence-electron chi connectivity index (χ1n) is 9.46. The Bertz CT molecular complexity index is 1160. The van der Waals surface area contributed by atoms with Gasteiger partial charge in [-0.25, -0.2) is 9.18 Å². The number of halogens is 3. The molecule has 2 N–H and O–H groups in total. The molecular formula is C22H18F3N3O4. The summed E-state index contributed by atoms with van der Waals surface area (Å²) in [5, 5.41) is 4.69. The van der Waals surface area contributed by atoms with Crippen LogP contribution in [0.15, 0.2) is 47.3 Å². The van der Waals surface area contributed by atoms with Crippen LogP contribution in [0.1, 0.15) is 12.5 Å². The number of anilines is 3. The van der Waals surface area contributed by atoms with Crippen LogP contribution in [0.2, 0.25) is 0 Å². The first kappa shape index (κ1) is 22.7. The fourth-order valence-electron chi connectivity index (χ4n) is 2.97. The highest BCUT2D eigenvalue weighted by Gasteiger charge is 2.33. The van der Waals surface area contributed by atoms with Crippen molar-refractivity contribution in [2.45, 2.75) is 19.5 Å². The van der Waals surface area contributed by atoms with Crippen molar-refractivity contribution in [1.82, 2.24) is 5.32 Å². The maximum absolute atomic E-state index is 14.7. The number of alkyl halides is 2. The monoisotopic (exact) mass is 445 g/mol. The SMILES string of the molecule is CC#Cc1cccc(Nc2ccc(N3C[C@H](CNC(=O)C(F)F)OC3=O)cc2F)c(=O)c1. The molecule has 3 rings (SSSR count). The molecular weight excluding hydrogens is 427 g/mol. The third-order valence-electron chi connectivity index (χ3n) is 4.47. The third-order valence-corrected chi connectivity index (χ3v) is 4.47. The average Bonchev–Trinajstić information content (AvgIpc) is 3.03. The van der Waals surface area contributed by atoms with Crippen LogP contribution >= 0.6 is 0 Å². The number of hydrogen-bond donors (Lipinski definition) is 2. The quantitative estimate of drug-likeness (QED) is 0.668. The standard InChI is InChI=1S/C22H18F3N3O4/c1-2-4-13-5-3-6-18(19(29)9-13)27-17-8-7-14(10-16(17)23)28-12-15(32-22(28)31)11-26-21(30)20(24)25/h3,5-10,15,20H,11-12H2,1H3,(H,26,30)(H,27,29)/t15-/m0/s1. The summed E-state index contributed by atoms with van der Waals surface area (Å²) in [6.07, 6.45) is -4.84. The molecule has 2 aromatic carbocycles. The summed E-state index contributed by atoms with van der Waals surface area (Å²) in [4.78, 5) is 36.5. The van der Waals surface area contributed by atoms with Crippen LogP contribution in [0.5, 0.6) is 0 Å². The molecule has 2 amide bonds. The van der Waals surface area contributed by atoms with Gasteiger partial charge in [0.25, 0.3) is 5.91 Å². The van der Waals surface area contributed by atoms with Gasteiger partial charge in [-0.1, -0.05) is 12.0 Å². The highest BCUT2D eigenvalue weighted by molar-refractivity contribution is 5.90. The van der Waals surface area contributed by atoms with Crippen LogP contribution in [0.4, 0.5) is 35.0 Å². The van der Waals surface area contributed by atoms with E-state index in [-0.39, 0.29) is 35.6 Å². The van der Waals surface area contributed by atoms with Gasteiger partial charge in [-0.3, -0.25) is 14.5 Å². The minimum absolute atomic E-state index is 0.00786. The Morgan fingerprint density at radius 1 is 1.22 bits per heavy atom. The molecule has 10 heteroatoms. The first-order chi connectivity index (χ1) is 15.3. The molecule has 0 unspecified atom stereocenters. The van der Waals surface area contributed by atoms with E-state index in [0.29, 0.717) is 5.56 Å². The number of hydrogen-bond acceptors (Lipinski definition) is 5. The molecule has 0 radical (unpaired) electrons. The number of carbonyl (C=O) groups is 2. The fraction of sp³-hybridized carbons (Fsp3) is 0.227. The van der Waals surface area contributed by atoms with E-state index in [1.807, 2.05) is 5.32 Å². The van der Waals surface area contributed by atoms with Crippen molar-refractivity contribution in [3.05, 3.63) is 64.1 Å². The van der Waals surface area contributed by atoms with Crippen molar-refractivity contribution in [2.75, 3.05) is 23.3 Å². The second-order valence-corrected chi connectivity index (χ2v) is 6.73. The third kappa shape index (κ3) is 5.37. The van der Waals surface area contributed by atoms with E-state index in [0.717, 1.165) is 11.0 Å². The van der Waals surface area contributed by atoms with Crippen LogP contribution in [0.3, 0.4) is 0 Å². The van der Waals surface area contributed by atoms with Crippen LogP contribution in [0.25, 0.3) is 0 Å². The number of rotatable bonds is 6. The van der Waals surface area contributed by atoms with Crippen LogP contribution in [-0.4, -0.2) is 37.6 Å². The smallest absolute Gasteiger partial charge is 0.414 e. The van der Waals surface area contributed by atoms with Crippen molar-refractivity contribution in [3.63, 3.8) is 0 Å². The van der Waals surface area contributed by atoms with Gasteiger partial charge in [0.15, 0.2) is 0 Å². The largest absolute Gasteiger partial charge is 0.442 e. The van der Waals surface area contributed by atoms with Gasteiger partial charge < -0.3 is 15.4 Å². The lowest BCUT2D eigenvalue weighted by Crippen LogP contribution is -2.37. The number of nitrogens with zero attached hydrogens (tertiary/aromatic N) is 1. The van der Waals surface area contributed by atoms with Gasteiger partial charge in [-0.2, -0.15) is 8.78 Å². The molecule has 0 bridgehead atoms. The Hall–Kier alpha value is -4.00. The zero-order valence-corrected chi connectivity index (χ0v) is 16.8. The minimum atomic E-state index is -3.18. The Morgan fingerprint density at radius 3 is 2.69 bits per heavy atom. The van der Waals surface area contributed by atoms with E-state index in [1.165, 1.54) is 24.3 Å². The number of cyclic esters (lactones) is 1. The predicted octanol–water partition coefficient (Wildman–Crippen LogP) is 3.01. The molecule has 166 valence electrons. The second-order valence-electron chi connectivity index (χ2n) is 6.73. The van der Waals surface area contributed by atoms with Gasteiger partial charge in [-0.15, -0.1) is 5.92 Å². The zero-order chi connectivity index (χ0) is 23.3. The van der Waals surface area contributed by atoms with Crippen molar-refractivity contribution in [1.29, 1.82) is 0 Å². The van der Waals surface area contributed by atoms with Crippen LogP contribution in [-0.2, 0) is 9.53 Å². The van der Waals surface area contributed by atoms with E-state index < -0.39 is 30.3 Å². The number of amides is 2. The molecule has 1 aliphatic rings. The Balaban J connectivity index is 1.72. The Kier molecular flexibility index (Phi) is 7.00. The number of benzene rings is 1. The highest BCUT2D eigenvalue weighted by Crippen LogP contribution is 2.27. The van der Waals surface area contributed by atoms with Gasteiger partial charge >= 0.3 is 12.5 Å². The molecule has 1 fully saturated rings. The summed E-state index contributed by atoms with van der Waals surface area (Å²) >= 11 is 0. The van der Waals surface area contributed by atoms with E-state index in [4.69, 9.17) is 4.74 Å². The lowest BCUT2D eigenvalue weighted by atomic mass is 10.2. The lowest BCUT2D eigenvalue weighted by Gasteiger charge is -2.15. The maximum Gasteiger partial charge on any atom is 0.414 e. The lowest BCUT2D eigenvalue weighted by molar-refractivity contribution is -0.132. The van der Waals surface area contributed by atoms with E-state index in [9.17, 15) is 27.6 Å². The molecule has 0 aliphatic carbocycles. The molecule has 1 saturated heterocycles. The number of carbonyl (C=O) groups excluding carboxylic acids is 2.